The maximum Gasteiger partial charge on any atom is 0.438 e. The van der Waals surface area contributed by atoms with Gasteiger partial charge in [-0.3, -0.25) is 14.3 Å². The summed E-state index contributed by atoms with van der Waals surface area (Å²) < 4.78 is 4.04. The van der Waals surface area contributed by atoms with Crippen LogP contribution in [0.25, 0.3) is 0 Å². The summed E-state index contributed by atoms with van der Waals surface area (Å²) in [5.41, 5.74) is 0. The molecule has 2 N–H and O–H groups in total. The predicted octanol–water partition coefficient (Wildman–Crippen LogP) is -1.01. The van der Waals surface area contributed by atoms with Gasteiger partial charge in [0.25, 0.3) is 0 Å². The van der Waals surface area contributed by atoms with E-state index >= 15 is 0 Å². The average molecular weight is 144 g/mol. The van der Waals surface area contributed by atoms with Crippen molar-refractivity contribution in [2.24, 2.45) is 0 Å². The Labute approximate surface area is 54.5 Å². The van der Waals surface area contributed by atoms with Crippen LogP contribution in [0.2, 0.25) is 0 Å². The topological polar surface area (TPSA) is 96.2 Å². The van der Waals surface area contributed by atoms with Gasteiger partial charge in [0, 0.05) is 0 Å². The predicted molar refractivity (Wildman–Crippen MR) is 28.5 cm³/mol. The first-order valence-electron chi connectivity index (χ1n) is 2.45. The van der Waals surface area contributed by atoms with Crippen LogP contribution in [0.3, 0.4) is 0 Å². The van der Waals surface area contributed by atoms with Crippen molar-refractivity contribution < 1.29 is 14.4 Å². The summed E-state index contributed by atoms with van der Waals surface area (Å²) in [6.45, 7) is 0. The number of rotatable bonds is 2. The van der Waals surface area contributed by atoms with Crippen LogP contribution >= 0.6 is 0 Å². The van der Waals surface area contributed by atoms with Crippen molar-refractivity contribution in [3.8, 4) is 0 Å². The fraction of sp³-hybridized carbons (Fsp3) is 0.250. The molecule has 1 heterocycles. The Hall–Kier alpha value is -1.59. The Morgan fingerprint density at radius 3 is 2.90 bits per heavy atom. The first-order valence-corrected chi connectivity index (χ1v) is 2.45. The molecule has 0 aliphatic heterocycles. The van der Waals surface area contributed by atoms with E-state index < -0.39 is 11.7 Å². The Morgan fingerprint density at radius 1 is 1.80 bits per heavy atom. The summed E-state index contributed by atoms with van der Waals surface area (Å²) in [6.07, 6.45) is -0.328. The lowest BCUT2D eigenvalue weighted by Crippen LogP contribution is -2.03. The van der Waals surface area contributed by atoms with Gasteiger partial charge in [0.2, 0.25) is 0 Å². The molecule has 1 aromatic rings. The molecule has 0 aromatic carbocycles. The molecule has 1 rings (SSSR count). The minimum Gasteiger partial charge on any atom is -0.481 e. The summed E-state index contributed by atoms with van der Waals surface area (Å²) in [5, 5.41) is 11.3. The first kappa shape index (κ1) is 6.53. The standard InChI is InChI=1S/C4H4N2O4/c7-3(8)1-2-5-4(9)10-6-2/h1H2,(H,7,8)(H,5,6,9). The highest BCUT2D eigenvalue weighted by atomic mass is 16.5. The first-order chi connectivity index (χ1) is 4.68. The van der Waals surface area contributed by atoms with E-state index in [9.17, 15) is 9.59 Å². The van der Waals surface area contributed by atoms with Gasteiger partial charge in [-0.2, -0.15) is 0 Å². The Morgan fingerprint density at radius 2 is 2.50 bits per heavy atom. The number of hydrogen-bond acceptors (Lipinski definition) is 4. The van der Waals surface area contributed by atoms with Crippen LogP contribution in [0.5, 0.6) is 0 Å². The molecule has 0 amide bonds. The van der Waals surface area contributed by atoms with Gasteiger partial charge in [0.15, 0.2) is 5.82 Å². The number of nitrogens with one attached hydrogen (secondary N) is 1. The highest BCUT2D eigenvalue weighted by Crippen LogP contribution is 1.84. The number of aromatic amines is 1. The van der Waals surface area contributed by atoms with Crippen molar-refractivity contribution >= 4 is 5.97 Å². The highest BCUT2D eigenvalue weighted by molar-refractivity contribution is 5.68. The van der Waals surface area contributed by atoms with E-state index in [4.69, 9.17) is 5.11 Å². The average Bonchev–Trinajstić information content (AvgIpc) is 2.13. The van der Waals surface area contributed by atoms with Gasteiger partial charge < -0.3 is 5.11 Å². The third kappa shape index (κ3) is 1.44. The van der Waals surface area contributed by atoms with Gasteiger partial charge >= 0.3 is 11.7 Å². The number of carboxylic acid groups (broad SMARTS) is 1. The van der Waals surface area contributed by atoms with Crippen LogP contribution in [-0.4, -0.2) is 21.2 Å². The normalized spacial score (nSPS) is 9.60. The molecule has 0 radical (unpaired) electrons. The van der Waals surface area contributed by atoms with Gasteiger partial charge in [0.1, 0.15) is 6.42 Å². The number of aromatic nitrogens is 2. The molecule has 6 nitrogen and oxygen atoms in total. The lowest BCUT2D eigenvalue weighted by atomic mass is 10.4. The largest absolute Gasteiger partial charge is 0.481 e. The monoisotopic (exact) mass is 144 g/mol. The zero-order chi connectivity index (χ0) is 7.56. The van der Waals surface area contributed by atoms with E-state index in [1.807, 2.05) is 0 Å². The molecular formula is C4H4N2O4. The summed E-state index contributed by atoms with van der Waals surface area (Å²) in [6, 6.07) is 0. The van der Waals surface area contributed by atoms with Crippen LogP contribution in [0.15, 0.2) is 9.32 Å². The molecule has 0 bridgehead atoms. The third-order valence-electron chi connectivity index (χ3n) is 0.804. The van der Waals surface area contributed by atoms with Gasteiger partial charge in [-0.05, 0) is 0 Å². The van der Waals surface area contributed by atoms with Crippen molar-refractivity contribution in [3.05, 3.63) is 16.4 Å². The second-order valence-electron chi connectivity index (χ2n) is 1.61. The summed E-state index contributed by atoms with van der Waals surface area (Å²) >= 11 is 0. The molecule has 1 aromatic heterocycles. The summed E-state index contributed by atoms with van der Waals surface area (Å²) in [4.78, 5) is 22.3. The number of aliphatic carboxylic acids is 1. The fourth-order valence-electron chi connectivity index (χ4n) is 0.480. The maximum absolute atomic E-state index is 10.2. The zero-order valence-corrected chi connectivity index (χ0v) is 4.83. The maximum atomic E-state index is 10.2. The highest BCUT2D eigenvalue weighted by Gasteiger charge is 2.04. The number of carbonyl (C=O) groups is 1. The Kier molecular flexibility index (Phi) is 1.53. The molecule has 10 heavy (non-hydrogen) atoms. The number of H-pyrrole nitrogens is 1. The molecular weight excluding hydrogens is 140 g/mol. The van der Waals surface area contributed by atoms with Crippen molar-refractivity contribution in [2.45, 2.75) is 6.42 Å². The van der Waals surface area contributed by atoms with E-state index in [1.54, 1.807) is 0 Å². The van der Waals surface area contributed by atoms with Crippen molar-refractivity contribution in [1.82, 2.24) is 10.1 Å². The van der Waals surface area contributed by atoms with Crippen LogP contribution < -0.4 is 5.76 Å². The molecule has 0 unspecified atom stereocenters. The number of hydrogen-bond donors (Lipinski definition) is 2. The molecule has 54 valence electrons. The van der Waals surface area contributed by atoms with Crippen LogP contribution in [0.1, 0.15) is 5.82 Å². The molecule has 0 atom stereocenters. The Balaban J connectivity index is 2.76. The third-order valence-corrected chi connectivity index (χ3v) is 0.804. The van der Waals surface area contributed by atoms with E-state index in [2.05, 4.69) is 14.7 Å². The SMILES string of the molecule is O=C(O)Cc1noc(=O)[nH]1. The lowest BCUT2D eigenvalue weighted by molar-refractivity contribution is -0.136. The Bertz CT molecular complexity index is 285. The molecule has 6 heteroatoms. The number of carboxylic acids is 1. The van der Waals surface area contributed by atoms with E-state index in [0.29, 0.717) is 0 Å². The summed E-state index contributed by atoms with van der Waals surface area (Å²) in [7, 11) is 0. The minimum absolute atomic E-state index is 0.0255. The van der Waals surface area contributed by atoms with Crippen molar-refractivity contribution in [3.63, 3.8) is 0 Å². The van der Waals surface area contributed by atoms with Gasteiger partial charge in [0.05, 0.1) is 0 Å². The van der Waals surface area contributed by atoms with E-state index in [1.165, 1.54) is 0 Å². The fourth-order valence-corrected chi connectivity index (χ4v) is 0.480. The molecule has 0 fully saturated rings. The quantitative estimate of drug-likeness (QED) is 0.554. The molecule has 0 saturated carbocycles. The minimum atomic E-state index is -1.07. The van der Waals surface area contributed by atoms with Gasteiger partial charge in [-0.1, -0.05) is 5.16 Å². The lowest BCUT2D eigenvalue weighted by Gasteiger charge is -1.82. The molecule has 0 saturated heterocycles. The smallest absolute Gasteiger partial charge is 0.438 e. The second kappa shape index (κ2) is 2.34. The van der Waals surface area contributed by atoms with E-state index in [-0.39, 0.29) is 12.2 Å². The van der Waals surface area contributed by atoms with Crippen LogP contribution in [0.4, 0.5) is 0 Å². The number of nitrogens with zero attached hydrogens (tertiary/aromatic N) is 1. The van der Waals surface area contributed by atoms with Crippen LogP contribution in [0, 0.1) is 0 Å². The molecule has 0 aliphatic rings. The van der Waals surface area contributed by atoms with Crippen molar-refractivity contribution in [1.29, 1.82) is 0 Å². The molecule has 0 aliphatic carbocycles. The van der Waals surface area contributed by atoms with E-state index in [0.717, 1.165) is 0 Å². The summed E-state index contributed by atoms with van der Waals surface area (Å²) in [5.74, 6) is -1.78. The van der Waals surface area contributed by atoms with Gasteiger partial charge in [-0.15, -0.1) is 0 Å². The molecule has 0 spiro atoms. The van der Waals surface area contributed by atoms with Crippen molar-refractivity contribution in [2.75, 3.05) is 0 Å². The second-order valence-corrected chi connectivity index (χ2v) is 1.61. The van der Waals surface area contributed by atoms with Gasteiger partial charge in [-0.25, -0.2) is 4.79 Å². The zero-order valence-electron chi connectivity index (χ0n) is 4.83. The van der Waals surface area contributed by atoms with Crippen LogP contribution in [-0.2, 0) is 11.2 Å².